The van der Waals surface area contributed by atoms with Crippen LogP contribution in [0.3, 0.4) is 0 Å². The second kappa shape index (κ2) is 13.3. The van der Waals surface area contributed by atoms with E-state index in [0.29, 0.717) is 25.8 Å². The van der Waals surface area contributed by atoms with E-state index in [-0.39, 0.29) is 71.5 Å². The topological polar surface area (TPSA) is 147 Å². The number of ketones is 2. The molecule has 0 radical (unpaired) electrons. The number of hydrogen-bond acceptors (Lipinski definition) is 7. The molecule has 49 heavy (non-hydrogen) atoms. The van der Waals surface area contributed by atoms with Gasteiger partial charge < -0.3 is 10.6 Å². The summed E-state index contributed by atoms with van der Waals surface area (Å²) in [5, 5.41) is 0. The molecule has 5 rings (SSSR count). The maximum atomic E-state index is 14.9. The monoisotopic (exact) mass is 704 g/mol. The van der Waals surface area contributed by atoms with Crippen LogP contribution in [0.4, 0.5) is 0 Å². The third-order valence-electron chi connectivity index (χ3n) is 14.7. The molecule has 0 aromatic rings. The Morgan fingerprint density at radius 1 is 0.939 bits per heavy atom. The molecule has 0 aromatic carbocycles. The Kier molecular flexibility index (Phi) is 10.4. The van der Waals surface area contributed by atoms with Crippen LogP contribution in [0.5, 0.6) is 0 Å². The number of carbonyl (C=O) groups is 4. The fourth-order valence-electron chi connectivity index (χ4n) is 10.9. The van der Waals surface area contributed by atoms with Gasteiger partial charge in [0.2, 0.25) is 11.8 Å². The van der Waals surface area contributed by atoms with Gasteiger partial charge in [0.1, 0.15) is 0 Å². The lowest BCUT2D eigenvalue weighted by Gasteiger charge is -2.36. The number of Topliss-reactive ketones (excluding diaryl/α,β-unsaturated/α-hetero) is 2. The summed E-state index contributed by atoms with van der Waals surface area (Å²) in [6, 6.07) is -1.31. The summed E-state index contributed by atoms with van der Waals surface area (Å²) in [5.41, 5.74) is 4.75. The van der Waals surface area contributed by atoms with Gasteiger partial charge in [-0.3, -0.25) is 19.2 Å². The molecule has 2 amide bonds. The first kappa shape index (κ1) is 38.4. The zero-order chi connectivity index (χ0) is 36.4. The van der Waals surface area contributed by atoms with E-state index in [0.717, 1.165) is 51.4 Å². The highest BCUT2D eigenvalue weighted by molar-refractivity contribution is 7.87. The Hall–Kier alpha value is -1.85. The van der Waals surface area contributed by atoms with E-state index in [9.17, 15) is 27.6 Å². The molecule has 0 aromatic heterocycles. The van der Waals surface area contributed by atoms with Crippen LogP contribution in [0, 0.1) is 44.8 Å². The summed E-state index contributed by atoms with van der Waals surface area (Å²) in [6.07, 6.45) is 10.1. The van der Waals surface area contributed by atoms with Crippen molar-refractivity contribution in [2.24, 2.45) is 50.6 Å². The molecular weight excluding hydrogens is 641 g/mol. The van der Waals surface area contributed by atoms with E-state index in [4.69, 9.17) is 5.73 Å². The zero-order valence-electron chi connectivity index (χ0n) is 31.5. The SMILES string of the molecule is CC[C@@H]1C[C@]1(CC(=O)[C@@H]1C[C@@]2(CN1C(=O)[C@@H](CC(=O)[C@@H](N)C1CCCCC1)C(C)(C)C)C(C)(C)C21CCC1)C(=O)NS(=O)(=O)N(CC)CC. The number of rotatable bonds is 14. The third kappa shape index (κ3) is 6.23. The molecular formula is C38H64N4O6S. The van der Waals surface area contributed by atoms with Crippen molar-refractivity contribution in [3.05, 3.63) is 0 Å². The van der Waals surface area contributed by atoms with Crippen molar-refractivity contribution < 1.29 is 27.6 Å². The molecule has 6 atom stereocenters. The number of amides is 2. The normalized spacial score (nSPS) is 31.8. The Labute approximate surface area is 295 Å². The van der Waals surface area contributed by atoms with Crippen LogP contribution < -0.4 is 10.5 Å². The van der Waals surface area contributed by atoms with E-state index in [1.807, 2.05) is 27.7 Å². The van der Waals surface area contributed by atoms with Gasteiger partial charge in [-0.15, -0.1) is 0 Å². The minimum atomic E-state index is -4.05. The lowest BCUT2D eigenvalue weighted by atomic mass is 9.73. The molecule has 4 saturated carbocycles. The second-order valence-electron chi connectivity index (χ2n) is 18.0. The van der Waals surface area contributed by atoms with Crippen LogP contribution in [-0.4, -0.2) is 72.7 Å². The maximum Gasteiger partial charge on any atom is 0.303 e. The Balaban J connectivity index is 1.42. The summed E-state index contributed by atoms with van der Waals surface area (Å²) >= 11 is 0. The molecule has 11 heteroatoms. The van der Waals surface area contributed by atoms with Crippen molar-refractivity contribution in [2.45, 2.75) is 151 Å². The van der Waals surface area contributed by atoms with Crippen molar-refractivity contribution in [3.63, 3.8) is 0 Å². The molecule has 4 aliphatic carbocycles. The number of hydrogen-bond donors (Lipinski definition) is 2. The largest absolute Gasteiger partial charge is 0.332 e. The summed E-state index contributed by atoms with van der Waals surface area (Å²) in [6.45, 7) is 16.8. The smallest absolute Gasteiger partial charge is 0.303 e. The van der Waals surface area contributed by atoms with Gasteiger partial charge in [-0.2, -0.15) is 12.7 Å². The number of nitrogens with two attached hydrogens (primary N) is 1. The minimum Gasteiger partial charge on any atom is -0.332 e. The number of carbonyl (C=O) groups excluding carboxylic acids is 4. The van der Waals surface area contributed by atoms with Gasteiger partial charge in [-0.05, 0) is 66.6 Å². The lowest BCUT2D eigenvalue weighted by molar-refractivity contribution is -0.146. The molecule has 0 bridgehead atoms. The summed E-state index contributed by atoms with van der Waals surface area (Å²) in [4.78, 5) is 58.8. The van der Waals surface area contributed by atoms with Crippen molar-refractivity contribution in [1.82, 2.24) is 13.9 Å². The first-order valence-corrected chi connectivity index (χ1v) is 20.7. The average molecular weight is 705 g/mol. The van der Waals surface area contributed by atoms with Crippen molar-refractivity contribution in [3.8, 4) is 0 Å². The average Bonchev–Trinajstić information content (AvgIpc) is 3.74. The van der Waals surface area contributed by atoms with E-state index in [1.165, 1.54) is 4.31 Å². The Bertz CT molecular complexity index is 1420. The molecule has 3 N–H and O–H groups in total. The van der Waals surface area contributed by atoms with E-state index in [1.54, 1.807) is 18.7 Å². The highest BCUT2D eigenvalue weighted by Gasteiger charge is 2.85. The zero-order valence-corrected chi connectivity index (χ0v) is 32.3. The van der Waals surface area contributed by atoms with Gasteiger partial charge >= 0.3 is 10.2 Å². The highest BCUT2D eigenvalue weighted by atomic mass is 32.2. The van der Waals surface area contributed by atoms with Crippen LogP contribution in [0.15, 0.2) is 0 Å². The lowest BCUT2D eigenvalue weighted by Crippen LogP contribution is -2.50. The predicted molar refractivity (Wildman–Crippen MR) is 190 cm³/mol. The molecule has 1 heterocycles. The van der Waals surface area contributed by atoms with Gasteiger partial charge in [0.15, 0.2) is 11.6 Å². The molecule has 5 aliphatic rings. The number of fused-ring (bicyclic) bond motifs is 1. The van der Waals surface area contributed by atoms with Crippen LogP contribution in [0.25, 0.3) is 0 Å². The van der Waals surface area contributed by atoms with Crippen molar-refractivity contribution in [1.29, 1.82) is 0 Å². The van der Waals surface area contributed by atoms with Gasteiger partial charge in [-0.1, -0.05) is 87.5 Å². The first-order valence-electron chi connectivity index (χ1n) is 19.2. The van der Waals surface area contributed by atoms with Crippen molar-refractivity contribution in [2.75, 3.05) is 19.6 Å². The molecule has 2 spiro atoms. The molecule has 278 valence electrons. The standard InChI is InChI=1S/C38H64N4O6S/c1-9-26-21-36(26,33(46)40-49(47,48)41(10-2)11-3)23-30(44)28-22-38(35(7,8)37(38)18-15-19-37)24-42(28)32(45)27(34(4,5)6)20-29(43)31(39)25-16-13-12-14-17-25/h25-28,31H,9-24,39H2,1-8H3,(H,40,46)/t26-,27-,28+,31+,36-,38-/m1/s1. The van der Waals surface area contributed by atoms with E-state index < -0.39 is 44.9 Å². The van der Waals surface area contributed by atoms with Crippen LogP contribution in [-0.2, 0) is 29.4 Å². The van der Waals surface area contributed by atoms with Gasteiger partial charge in [-0.25, -0.2) is 4.72 Å². The first-order chi connectivity index (χ1) is 22.8. The Morgan fingerprint density at radius 2 is 1.55 bits per heavy atom. The van der Waals surface area contributed by atoms with Crippen LogP contribution in [0.2, 0.25) is 0 Å². The molecule has 1 aliphatic heterocycles. The fourth-order valence-corrected chi connectivity index (χ4v) is 12.2. The van der Waals surface area contributed by atoms with Crippen LogP contribution >= 0.6 is 0 Å². The Morgan fingerprint density at radius 3 is 2.02 bits per heavy atom. The van der Waals surface area contributed by atoms with E-state index in [2.05, 4.69) is 18.6 Å². The summed E-state index contributed by atoms with van der Waals surface area (Å²) < 4.78 is 29.6. The maximum absolute atomic E-state index is 14.9. The van der Waals surface area contributed by atoms with Crippen LogP contribution in [0.1, 0.15) is 139 Å². The van der Waals surface area contributed by atoms with Gasteiger partial charge in [0.05, 0.1) is 17.5 Å². The predicted octanol–water partition coefficient (Wildman–Crippen LogP) is 5.39. The second-order valence-corrected chi connectivity index (χ2v) is 19.6. The van der Waals surface area contributed by atoms with E-state index >= 15 is 0 Å². The van der Waals surface area contributed by atoms with Crippen molar-refractivity contribution >= 4 is 33.6 Å². The number of nitrogens with one attached hydrogen (secondary N) is 1. The summed E-state index contributed by atoms with van der Waals surface area (Å²) in [7, 11) is -4.05. The highest BCUT2D eigenvalue weighted by Crippen LogP contribution is 2.88. The van der Waals surface area contributed by atoms with Gasteiger partial charge in [0.25, 0.3) is 0 Å². The van der Waals surface area contributed by atoms with Gasteiger partial charge in [0, 0.05) is 43.8 Å². The molecule has 0 unspecified atom stereocenters. The summed E-state index contributed by atoms with van der Waals surface area (Å²) in [5.74, 6) is -1.65. The third-order valence-corrected chi connectivity index (χ3v) is 16.3. The quantitative estimate of drug-likeness (QED) is 0.247. The molecule has 1 saturated heterocycles. The number of nitrogens with zero attached hydrogens (tertiary/aromatic N) is 2. The minimum absolute atomic E-state index is 0.0410. The number of likely N-dealkylation sites (tertiary alicyclic amines) is 1. The molecule has 5 fully saturated rings. The molecule has 10 nitrogen and oxygen atoms in total. The fraction of sp³-hybridized carbons (Fsp3) is 0.895.